The second-order valence-electron chi connectivity index (χ2n) is 5.13. The average molecular weight is 292 g/mol. The summed E-state index contributed by atoms with van der Waals surface area (Å²) in [6.07, 6.45) is 3.62. The summed E-state index contributed by atoms with van der Waals surface area (Å²) in [6, 6.07) is 7.75. The Kier molecular flexibility index (Phi) is 5.09. The van der Waals surface area contributed by atoms with Crippen molar-refractivity contribution in [2.45, 2.75) is 31.7 Å². The molecule has 1 saturated carbocycles. The molecule has 2 rings (SSSR count). The van der Waals surface area contributed by atoms with Gasteiger partial charge in [-0.1, -0.05) is 36.5 Å². The minimum absolute atomic E-state index is 0.0165. The number of carbonyl (C=O) groups is 1. The van der Waals surface area contributed by atoms with Crippen LogP contribution in [0.5, 0.6) is 0 Å². The topological polar surface area (TPSA) is 66.6 Å². The van der Waals surface area contributed by atoms with Gasteiger partial charge in [-0.05, 0) is 24.8 Å². The van der Waals surface area contributed by atoms with Crippen LogP contribution in [0.4, 0.5) is 0 Å². The molecule has 1 aromatic rings. The van der Waals surface area contributed by atoms with E-state index in [0.29, 0.717) is 24.0 Å². The van der Waals surface area contributed by atoms with Crippen molar-refractivity contribution in [1.29, 1.82) is 0 Å². The van der Waals surface area contributed by atoms with E-state index in [1.165, 1.54) is 6.42 Å². The van der Waals surface area contributed by atoms with Crippen LogP contribution in [0.2, 0.25) is 0 Å². The highest BCUT2D eigenvalue weighted by atomic mass is 32.1. The second-order valence-corrected chi connectivity index (χ2v) is 5.57. The van der Waals surface area contributed by atoms with Crippen LogP contribution in [0, 0.1) is 0 Å². The number of hydrogen-bond acceptors (Lipinski definition) is 3. The first-order valence-corrected chi connectivity index (χ1v) is 7.31. The van der Waals surface area contributed by atoms with E-state index in [4.69, 9.17) is 23.1 Å². The van der Waals surface area contributed by atoms with Gasteiger partial charge in [-0.15, -0.1) is 0 Å². The third kappa shape index (κ3) is 3.55. The van der Waals surface area contributed by atoms with E-state index >= 15 is 0 Å². The van der Waals surface area contributed by atoms with E-state index in [1.807, 2.05) is 29.2 Å². The highest BCUT2D eigenvalue weighted by molar-refractivity contribution is 7.80. The van der Waals surface area contributed by atoms with Gasteiger partial charge in [0.15, 0.2) is 0 Å². The number of amides is 1. The Balaban J connectivity index is 1.99. The Hall–Kier alpha value is -1.46. The fraction of sp³-hybridized carbons (Fsp3) is 0.467. The van der Waals surface area contributed by atoms with Crippen LogP contribution >= 0.6 is 12.2 Å². The van der Waals surface area contributed by atoms with E-state index in [0.717, 1.165) is 24.0 Å². The van der Waals surface area contributed by atoms with Gasteiger partial charge >= 0.3 is 0 Å². The van der Waals surface area contributed by atoms with Gasteiger partial charge in [0.25, 0.3) is 0 Å². The Bertz CT molecular complexity index is 483. The zero-order chi connectivity index (χ0) is 14.5. The molecule has 0 heterocycles. The maximum atomic E-state index is 12.3. The number of benzene rings is 1. The number of nitrogens with zero attached hydrogens (tertiary/aromatic N) is 1. The van der Waals surface area contributed by atoms with Gasteiger partial charge in [-0.2, -0.15) is 0 Å². The first kappa shape index (κ1) is 14.9. The van der Waals surface area contributed by atoms with E-state index in [-0.39, 0.29) is 12.5 Å². The lowest BCUT2D eigenvalue weighted by Crippen LogP contribution is -2.46. The van der Waals surface area contributed by atoms with Gasteiger partial charge in [-0.25, -0.2) is 0 Å². The monoisotopic (exact) mass is 292 g/mol. The Morgan fingerprint density at radius 1 is 1.35 bits per heavy atom. The minimum atomic E-state index is 0.0165. The highest BCUT2D eigenvalue weighted by Gasteiger charge is 2.28. The summed E-state index contributed by atoms with van der Waals surface area (Å²) in [5.41, 5.74) is 7.30. The molecular weight excluding hydrogens is 272 g/mol. The van der Waals surface area contributed by atoms with Crippen LogP contribution in [0.15, 0.2) is 24.3 Å². The molecule has 1 aliphatic carbocycles. The number of aliphatic hydroxyl groups is 1. The van der Waals surface area contributed by atoms with Crippen molar-refractivity contribution in [1.82, 2.24) is 4.90 Å². The molecular formula is C15H20N2O2S. The molecule has 108 valence electrons. The molecule has 20 heavy (non-hydrogen) atoms. The van der Waals surface area contributed by atoms with Crippen molar-refractivity contribution >= 4 is 23.1 Å². The summed E-state index contributed by atoms with van der Waals surface area (Å²) < 4.78 is 0. The highest BCUT2D eigenvalue weighted by Crippen LogP contribution is 2.25. The van der Waals surface area contributed by atoms with Crippen molar-refractivity contribution < 1.29 is 9.90 Å². The maximum Gasteiger partial charge on any atom is 0.227 e. The van der Waals surface area contributed by atoms with Gasteiger partial charge in [-0.3, -0.25) is 4.79 Å². The molecule has 0 aromatic heterocycles. The molecule has 0 unspecified atom stereocenters. The van der Waals surface area contributed by atoms with Gasteiger partial charge in [0.1, 0.15) is 4.99 Å². The van der Waals surface area contributed by atoms with Gasteiger partial charge < -0.3 is 15.7 Å². The first-order chi connectivity index (χ1) is 9.61. The Labute approximate surface area is 124 Å². The number of nitrogens with two attached hydrogens (primary N) is 1. The van der Waals surface area contributed by atoms with Crippen LogP contribution in [0.1, 0.15) is 30.4 Å². The quantitative estimate of drug-likeness (QED) is 0.774. The predicted octanol–water partition coefficient (Wildman–Crippen LogP) is 1.24. The standard InChI is InChI=1S/C15H20N2O2S/c16-15(20)12-6-4-11(5-7-12)10-14(19)17(8-9-18)13-2-1-3-13/h4-7,13,18H,1-3,8-10H2,(H2,16,20). The summed E-state index contributed by atoms with van der Waals surface area (Å²) in [6.45, 7) is 0.442. The number of aliphatic hydroxyl groups excluding tert-OH is 1. The molecule has 0 radical (unpaired) electrons. The molecule has 1 aliphatic rings. The van der Waals surface area contributed by atoms with Crippen LogP contribution in [0.3, 0.4) is 0 Å². The zero-order valence-electron chi connectivity index (χ0n) is 11.4. The molecule has 5 heteroatoms. The molecule has 4 nitrogen and oxygen atoms in total. The van der Waals surface area contributed by atoms with E-state index in [2.05, 4.69) is 0 Å². The van der Waals surface area contributed by atoms with E-state index < -0.39 is 0 Å². The SMILES string of the molecule is NC(=S)c1ccc(CC(=O)N(CCO)C2CCC2)cc1. The Morgan fingerprint density at radius 3 is 2.45 bits per heavy atom. The van der Waals surface area contributed by atoms with Crippen molar-refractivity contribution in [2.75, 3.05) is 13.2 Å². The van der Waals surface area contributed by atoms with Crippen molar-refractivity contribution in [2.24, 2.45) is 5.73 Å². The summed E-state index contributed by atoms with van der Waals surface area (Å²) in [4.78, 5) is 14.5. The van der Waals surface area contributed by atoms with Crippen molar-refractivity contribution in [3.8, 4) is 0 Å². The lowest BCUT2D eigenvalue weighted by atomic mass is 9.91. The van der Waals surface area contributed by atoms with Crippen molar-refractivity contribution in [3.05, 3.63) is 35.4 Å². The van der Waals surface area contributed by atoms with Gasteiger partial charge in [0, 0.05) is 18.2 Å². The number of rotatable bonds is 6. The van der Waals surface area contributed by atoms with Crippen molar-refractivity contribution in [3.63, 3.8) is 0 Å². The predicted molar refractivity (Wildman–Crippen MR) is 82.5 cm³/mol. The maximum absolute atomic E-state index is 12.3. The van der Waals surface area contributed by atoms with Crippen LogP contribution in [0.25, 0.3) is 0 Å². The molecule has 1 amide bonds. The molecule has 3 N–H and O–H groups in total. The molecule has 1 fully saturated rings. The number of carbonyl (C=O) groups excluding carboxylic acids is 1. The molecule has 0 bridgehead atoms. The van der Waals surface area contributed by atoms with Gasteiger partial charge in [0.05, 0.1) is 13.0 Å². The van der Waals surface area contributed by atoms with Gasteiger partial charge in [0.2, 0.25) is 5.91 Å². The van der Waals surface area contributed by atoms with Crippen LogP contribution in [-0.4, -0.2) is 40.1 Å². The van der Waals surface area contributed by atoms with Crippen LogP contribution in [-0.2, 0) is 11.2 Å². The number of thiocarbonyl (C=S) groups is 1. The third-order valence-corrected chi connectivity index (χ3v) is 4.01. The lowest BCUT2D eigenvalue weighted by molar-refractivity contribution is -0.135. The molecule has 0 saturated heterocycles. The summed E-state index contributed by atoms with van der Waals surface area (Å²) in [5.74, 6) is 0.0758. The van der Waals surface area contributed by atoms with E-state index in [9.17, 15) is 4.79 Å². The fourth-order valence-electron chi connectivity index (χ4n) is 2.38. The largest absolute Gasteiger partial charge is 0.395 e. The lowest BCUT2D eigenvalue weighted by Gasteiger charge is -2.37. The summed E-state index contributed by atoms with van der Waals surface area (Å²) in [7, 11) is 0. The van der Waals surface area contributed by atoms with Crippen LogP contribution < -0.4 is 5.73 Å². The first-order valence-electron chi connectivity index (χ1n) is 6.91. The Morgan fingerprint density at radius 2 is 2.00 bits per heavy atom. The normalized spacial score (nSPS) is 14.7. The minimum Gasteiger partial charge on any atom is -0.395 e. The van der Waals surface area contributed by atoms with E-state index in [1.54, 1.807) is 0 Å². The molecule has 0 atom stereocenters. The third-order valence-electron chi connectivity index (χ3n) is 3.77. The molecule has 0 aliphatic heterocycles. The zero-order valence-corrected chi connectivity index (χ0v) is 12.2. The summed E-state index contributed by atoms with van der Waals surface area (Å²) in [5, 5.41) is 9.10. The number of hydrogen-bond donors (Lipinski definition) is 2. The average Bonchev–Trinajstić information content (AvgIpc) is 2.36. The molecule has 0 spiro atoms. The molecule has 1 aromatic carbocycles. The fourth-order valence-corrected chi connectivity index (χ4v) is 2.52. The smallest absolute Gasteiger partial charge is 0.227 e. The second kappa shape index (κ2) is 6.81. The summed E-state index contributed by atoms with van der Waals surface area (Å²) >= 11 is 4.90.